The Balaban J connectivity index is 2.60. The minimum absolute atomic E-state index is 0.998. The molecule has 0 heterocycles. The van der Waals surface area contributed by atoms with E-state index in [-0.39, 0.29) is 0 Å². The lowest BCUT2D eigenvalue weighted by atomic mass is 10.2. The van der Waals surface area contributed by atoms with Crippen molar-refractivity contribution in [1.29, 1.82) is 0 Å². The first-order valence-corrected chi connectivity index (χ1v) is 9.10. The molecular formula is C14H22OSi. The molecule has 0 fully saturated rings. The van der Waals surface area contributed by atoms with E-state index in [0.717, 1.165) is 11.3 Å². The van der Waals surface area contributed by atoms with Gasteiger partial charge in [-0.25, -0.2) is 0 Å². The van der Waals surface area contributed by atoms with Crippen molar-refractivity contribution in [3.05, 3.63) is 36.4 Å². The van der Waals surface area contributed by atoms with E-state index in [9.17, 15) is 0 Å². The molecule has 0 amide bonds. The highest BCUT2D eigenvalue weighted by atomic mass is 28.4. The summed E-state index contributed by atoms with van der Waals surface area (Å²) in [5, 5.41) is 0. The summed E-state index contributed by atoms with van der Waals surface area (Å²) in [4.78, 5) is 0. The molecule has 0 saturated heterocycles. The van der Waals surface area contributed by atoms with Crippen LogP contribution in [0.4, 0.5) is 0 Å². The number of benzene rings is 1. The Kier molecular flexibility index (Phi) is 4.81. The summed E-state index contributed by atoms with van der Waals surface area (Å²) in [6.07, 6.45) is 4.36. The molecule has 0 bridgehead atoms. The Morgan fingerprint density at radius 2 is 1.88 bits per heavy atom. The third-order valence-electron chi connectivity index (χ3n) is 2.64. The third-order valence-corrected chi connectivity index (χ3v) is 4.99. The molecule has 0 spiro atoms. The molecule has 1 aromatic rings. The van der Waals surface area contributed by atoms with Gasteiger partial charge in [0.2, 0.25) is 8.32 Å². The first kappa shape index (κ1) is 13.0. The molecule has 0 aliphatic heterocycles. The van der Waals surface area contributed by atoms with Crippen LogP contribution in [0, 0.1) is 0 Å². The molecular weight excluding hydrogens is 212 g/mol. The molecule has 88 valence electrons. The summed E-state index contributed by atoms with van der Waals surface area (Å²) in [5.74, 6) is 0.998. The smallest absolute Gasteiger partial charge is 0.245 e. The van der Waals surface area contributed by atoms with Gasteiger partial charge in [0.05, 0.1) is 0 Å². The molecule has 0 radical (unpaired) electrons. The van der Waals surface area contributed by atoms with Gasteiger partial charge >= 0.3 is 0 Å². The zero-order valence-corrected chi connectivity index (χ0v) is 11.6. The zero-order chi connectivity index (χ0) is 12.0. The lowest BCUT2D eigenvalue weighted by Crippen LogP contribution is -2.33. The molecule has 0 atom stereocenters. The number of hydrogen-bond donors (Lipinski definition) is 0. The average Bonchev–Trinajstić information content (AvgIpc) is 2.27. The topological polar surface area (TPSA) is 9.23 Å². The lowest BCUT2D eigenvalue weighted by molar-refractivity contribution is 0.542. The Hall–Kier alpha value is -1.02. The maximum Gasteiger partial charge on any atom is 0.245 e. The van der Waals surface area contributed by atoms with Crippen molar-refractivity contribution in [2.24, 2.45) is 0 Å². The molecule has 1 rings (SSSR count). The molecule has 0 N–H and O–H groups in total. The van der Waals surface area contributed by atoms with Crippen LogP contribution in [-0.2, 0) is 0 Å². The van der Waals surface area contributed by atoms with Gasteiger partial charge in [0.1, 0.15) is 5.75 Å². The van der Waals surface area contributed by atoms with E-state index >= 15 is 0 Å². The van der Waals surface area contributed by atoms with Gasteiger partial charge in [-0.15, -0.1) is 0 Å². The van der Waals surface area contributed by atoms with Gasteiger partial charge < -0.3 is 4.43 Å². The summed E-state index contributed by atoms with van der Waals surface area (Å²) in [7, 11) is -1.52. The zero-order valence-electron chi connectivity index (χ0n) is 10.6. The van der Waals surface area contributed by atoms with Crippen molar-refractivity contribution in [3.8, 4) is 5.75 Å². The summed E-state index contributed by atoms with van der Waals surface area (Å²) in [5.41, 5.74) is 1.14. The SMILES string of the molecule is C=Cc1ccc(O[Si](C)(C)CCCC)cc1. The predicted molar refractivity (Wildman–Crippen MR) is 74.4 cm³/mol. The van der Waals surface area contributed by atoms with Crippen LogP contribution in [0.2, 0.25) is 19.1 Å². The Morgan fingerprint density at radius 1 is 1.25 bits per heavy atom. The van der Waals surface area contributed by atoms with Crippen molar-refractivity contribution >= 4 is 14.4 Å². The fourth-order valence-electron chi connectivity index (χ4n) is 1.64. The molecule has 0 aliphatic rings. The van der Waals surface area contributed by atoms with Crippen molar-refractivity contribution in [2.45, 2.75) is 38.9 Å². The molecule has 1 nitrogen and oxygen atoms in total. The monoisotopic (exact) mass is 234 g/mol. The van der Waals surface area contributed by atoms with Crippen LogP contribution in [0.25, 0.3) is 6.08 Å². The van der Waals surface area contributed by atoms with E-state index in [1.54, 1.807) is 0 Å². The third kappa shape index (κ3) is 4.23. The highest BCUT2D eigenvalue weighted by molar-refractivity contribution is 6.71. The number of unbranched alkanes of at least 4 members (excludes halogenated alkanes) is 1. The first-order valence-electron chi connectivity index (χ1n) is 5.99. The van der Waals surface area contributed by atoms with Crippen molar-refractivity contribution < 1.29 is 4.43 Å². The molecule has 0 saturated carbocycles. The normalized spacial score (nSPS) is 11.2. The molecule has 2 heteroatoms. The van der Waals surface area contributed by atoms with Gasteiger partial charge in [0, 0.05) is 0 Å². The van der Waals surface area contributed by atoms with Crippen molar-refractivity contribution in [1.82, 2.24) is 0 Å². The van der Waals surface area contributed by atoms with Gasteiger partial charge in [-0.2, -0.15) is 0 Å². The summed E-state index contributed by atoms with van der Waals surface area (Å²) >= 11 is 0. The van der Waals surface area contributed by atoms with Crippen LogP contribution in [0.1, 0.15) is 25.3 Å². The lowest BCUT2D eigenvalue weighted by Gasteiger charge is -2.24. The standard InChI is InChI=1S/C14H22OSi/c1-5-7-12-16(3,4)15-14-10-8-13(6-2)9-11-14/h6,8-11H,2,5,7,12H2,1,3-4H3. The minimum Gasteiger partial charge on any atom is -0.544 e. The van der Waals surface area contributed by atoms with E-state index in [1.807, 2.05) is 30.3 Å². The summed E-state index contributed by atoms with van der Waals surface area (Å²) in [6.45, 7) is 10.5. The molecule has 0 aromatic heterocycles. The van der Waals surface area contributed by atoms with Crippen molar-refractivity contribution in [3.63, 3.8) is 0 Å². The maximum absolute atomic E-state index is 6.11. The molecule has 0 unspecified atom stereocenters. The Bertz CT molecular complexity index is 327. The van der Waals surface area contributed by atoms with E-state index in [0.29, 0.717) is 0 Å². The quantitative estimate of drug-likeness (QED) is 0.647. The van der Waals surface area contributed by atoms with Crippen LogP contribution < -0.4 is 4.43 Å². The fourth-order valence-corrected chi connectivity index (χ4v) is 3.73. The van der Waals surface area contributed by atoms with Gasteiger partial charge in [0.25, 0.3) is 0 Å². The van der Waals surface area contributed by atoms with E-state index in [1.165, 1.54) is 18.9 Å². The Morgan fingerprint density at radius 3 is 2.38 bits per heavy atom. The van der Waals surface area contributed by atoms with Gasteiger partial charge in [-0.3, -0.25) is 0 Å². The van der Waals surface area contributed by atoms with Crippen LogP contribution >= 0.6 is 0 Å². The summed E-state index contributed by atoms with van der Waals surface area (Å²) < 4.78 is 6.11. The first-order chi connectivity index (χ1) is 7.57. The van der Waals surface area contributed by atoms with Gasteiger partial charge in [-0.05, 0) is 36.8 Å². The molecule has 1 aromatic carbocycles. The van der Waals surface area contributed by atoms with Crippen LogP contribution in [0.15, 0.2) is 30.8 Å². The van der Waals surface area contributed by atoms with Crippen LogP contribution in [0.3, 0.4) is 0 Å². The Labute approximate surface area is 100 Å². The maximum atomic E-state index is 6.11. The van der Waals surface area contributed by atoms with Crippen molar-refractivity contribution in [2.75, 3.05) is 0 Å². The largest absolute Gasteiger partial charge is 0.544 e. The van der Waals surface area contributed by atoms with Crippen LogP contribution in [-0.4, -0.2) is 8.32 Å². The summed E-state index contributed by atoms with van der Waals surface area (Å²) in [6, 6.07) is 9.40. The predicted octanol–water partition coefficient (Wildman–Crippen LogP) is 4.71. The fraction of sp³-hybridized carbons (Fsp3) is 0.429. The average molecular weight is 234 g/mol. The second-order valence-electron chi connectivity index (χ2n) is 4.74. The number of rotatable bonds is 6. The second kappa shape index (κ2) is 5.90. The van der Waals surface area contributed by atoms with E-state index in [4.69, 9.17) is 4.43 Å². The highest BCUT2D eigenvalue weighted by Crippen LogP contribution is 2.21. The van der Waals surface area contributed by atoms with Gasteiger partial charge in [0.15, 0.2) is 0 Å². The van der Waals surface area contributed by atoms with E-state index < -0.39 is 8.32 Å². The van der Waals surface area contributed by atoms with E-state index in [2.05, 4.69) is 26.6 Å². The van der Waals surface area contributed by atoms with Crippen LogP contribution in [0.5, 0.6) is 5.75 Å². The van der Waals surface area contributed by atoms with Gasteiger partial charge in [-0.1, -0.05) is 44.6 Å². The number of hydrogen-bond acceptors (Lipinski definition) is 1. The molecule has 16 heavy (non-hydrogen) atoms. The second-order valence-corrected chi connectivity index (χ2v) is 8.96. The highest BCUT2D eigenvalue weighted by Gasteiger charge is 2.23. The minimum atomic E-state index is -1.52. The molecule has 0 aliphatic carbocycles.